The zero-order valence-corrected chi connectivity index (χ0v) is 13.5. The van der Waals surface area contributed by atoms with Gasteiger partial charge in [0.25, 0.3) is 0 Å². The van der Waals surface area contributed by atoms with Gasteiger partial charge in [-0.3, -0.25) is 4.79 Å². The van der Waals surface area contributed by atoms with Gasteiger partial charge in [0.1, 0.15) is 11.7 Å². The number of hydrogen-bond donors (Lipinski definition) is 0. The van der Waals surface area contributed by atoms with Crippen LogP contribution in [0.3, 0.4) is 0 Å². The minimum Gasteiger partial charge on any atom is -0.456 e. The van der Waals surface area contributed by atoms with Crippen molar-refractivity contribution in [2.24, 2.45) is 5.92 Å². The molecular formula is C17H30O3. The highest BCUT2D eigenvalue weighted by Crippen LogP contribution is 2.51. The van der Waals surface area contributed by atoms with Gasteiger partial charge in [-0.05, 0) is 25.2 Å². The summed E-state index contributed by atoms with van der Waals surface area (Å²) in [6, 6.07) is 0. The summed E-state index contributed by atoms with van der Waals surface area (Å²) in [5.41, 5.74) is -0.411. The quantitative estimate of drug-likeness (QED) is 0.655. The van der Waals surface area contributed by atoms with Gasteiger partial charge in [0, 0.05) is 6.42 Å². The van der Waals surface area contributed by atoms with Crippen LogP contribution in [0.1, 0.15) is 79.1 Å². The molecule has 0 aromatic rings. The van der Waals surface area contributed by atoms with Crippen molar-refractivity contribution in [2.75, 3.05) is 0 Å². The Morgan fingerprint density at radius 3 is 2.60 bits per heavy atom. The largest absolute Gasteiger partial charge is 0.456 e. The fourth-order valence-electron chi connectivity index (χ4n) is 4.05. The summed E-state index contributed by atoms with van der Waals surface area (Å²) in [6.45, 7) is 8.89. The Bertz CT molecular complexity index is 354. The molecule has 0 N–H and O–H groups in total. The van der Waals surface area contributed by atoms with E-state index in [1.807, 2.05) is 0 Å². The highest BCUT2D eigenvalue weighted by molar-refractivity contribution is 5.73. The zero-order valence-electron chi connectivity index (χ0n) is 13.5. The van der Waals surface area contributed by atoms with Gasteiger partial charge in [0.2, 0.25) is 0 Å². The fraction of sp³-hybridized carbons (Fsp3) is 0.941. The maximum atomic E-state index is 11.6. The number of hydrogen-bond acceptors (Lipinski definition) is 3. The van der Waals surface area contributed by atoms with Crippen molar-refractivity contribution in [3.63, 3.8) is 0 Å². The summed E-state index contributed by atoms with van der Waals surface area (Å²) in [4.78, 5) is 11.6. The van der Waals surface area contributed by atoms with Crippen LogP contribution < -0.4 is 0 Å². The van der Waals surface area contributed by atoms with Crippen molar-refractivity contribution in [2.45, 2.75) is 96.4 Å². The molecule has 2 heterocycles. The predicted molar refractivity (Wildman–Crippen MR) is 79.5 cm³/mol. The van der Waals surface area contributed by atoms with E-state index in [-0.39, 0.29) is 23.3 Å². The molecule has 2 aliphatic heterocycles. The van der Waals surface area contributed by atoms with E-state index < -0.39 is 0 Å². The lowest BCUT2D eigenvalue weighted by Gasteiger charge is -2.32. The van der Waals surface area contributed by atoms with Gasteiger partial charge in [0.15, 0.2) is 0 Å². The first-order chi connectivity index (χ1) is 9.49. The van der Waals surface area contributed by atoms with E-state index in [1.54, 1.807) is 0 Å². The maximum absolute atomic E-state index is 11.6. The molecule has 0 bridgehead atoms. The van der Waals surface area contributed by atoms with Crippen LogP contribution in [0.15, 0.2) is 0 Å². The Morgan fingerprint density at radius 1 is 1.30 bits per heavy atom. The maximum Gasteiger partial charge on any atom is 0.309 e. The van der Waals surface area contributed by atoms with Gasteiger partial charge in [0.05, 0.1) is 12.0 Å². The molecule has 2 rings (SSSR count). The highest BCUT2D eigenvalue weighted by atomic mass is 16.6. The molecule has 0 aromatic heterocycles. The Balaban J connectivity index is 2.05. The van der Waals surface area contributed by atoms with Gasteiger partial charge < -0.3 is 9.47 Å². The first-order valence-corrected chi connectivity index (χ1v) is 8.39. The molecule has 0 radical (unpaired) electrons. The van der Waals surface area contributed by atoms with Gasteiger partial charge >= 0.3 is 5.97 Å². The predicted octanol–water partition coefficient (Wildman–Crippen LogP) is 4.24. The number of rotatable bonds is 7. The van der Waals surface area contributed by atoms with Crippen LogP contribution in [-0.2, 0) is 14.3 Å². The van der Waals surface area contributed by atoms with E-state index >= 15 is 0 Å². The summed E-state index contributed by atoms with van der Waals surface area (Å²) in [5, 5.41) is 0. The van der Waals surface area contributed by atoms with Crippen molar-refractivity contribution in [1.82, 2.24) is 0 Å². The molecule has 2 fully saturated rings. The molecule has 2 aliphatic rings. The third-order valence-electron chi connectivity index (χ3n) is 5.28. The Kier molecular flexibility index (Phi) is 4.78. The molecule has 0 unspecified atom stereocenters. The Morgan fingerprint density at radius 2 is 2.05 bits per heavy atom. The van der Waals surface area contributed by atoms with E-state index in [9.17, 15) is 4.79 Å². The Hall–Kier alpha value is -0.570. The monoisotopic (exact) mass is 282 g/mol. The van der Waals surface area contributed by atoms with Crippen molar-refractivity contribution in [1.29, 1.82) is 0 Å². The van der Waals surface area contributed by atoms with Crippen LogP contribution in [0, 0.1) is 5.92 Å². The van der Waals surface area contributed by atoms with E-state index in [1.165, 1.54) is 19.3 Å². The third-order valence-corrected chi connectivity index (χ3v) is 5.28. The molecule has 0 aliphatic carbocycles. The third kappa shape index (κ3) is 2.88. The number of fused-ring (bicyclic) bond motifs is 1. The van der Waals surface area contributed by atoms with Gasteiger partial charge in [-0.15, -0.1) is 0 Å². The summed E-state index contributed by atoms with van der Waals surface area (Å²) < 4.78 is 12.1. The number of carbonyl (C=O) groups excluding carboxylic acids is 1. The molecule has 3 nitrogen and oxygen atoms in total. The van der Waals surface area contributed by atoms with E-state index in [0.29, 0.717) is 12.3 Å². The molecule has 4 atom stereocenters. The van der Waals surface area contributed by atoms with Crippen LogP contribution >= 0.6 is 0 Å². The lowest BCUT2D eigenvalue weighted by atomic mass is 9.79. The second-order valence-corrected chi connectivity index (χ2v) is 6.87. The summed E-state index contributed by atoms with van der Waals surface area (Å²) in [6.07, 6.45) is 8.11. The topological polar surface area (TPSA) is 35.5 Å². The van der Waals surface area contributed by atoms with E-state index in [0.717, 1.165) is 25.7 Å². The fourth-order valence-corrected chi connectivity index (χ4v) is 4.05. The average molecular weight is 282 g/mol. The lowest BCUT2D eigenvalue weighted by Crippen LogP contribution is -2.36. The zero-order chi connectivity index (χ0) is 14.8. The normalized spacial score (nSPS) is 37.8. The van der Waals surface area contributed by atoms with Crippen molar-refractivity contribution < 1.29 is 14.3 Å². The molecule has 20 heavy (non-hydrogen) atoms. The Labute approximate surface area is 123 Å². The summed E-state index contributed by atoms with van der Waals surface area (Å²) in [7, 11) is 0. The van der Waals surface area contributed by atoms with Gasteiger partial charge in [-0.1, -0.05) is 47.0 Å². The average Bonchev–Trinajstić information content (AvgIpc) is 2.86. The molecule has 0 spiro atoms. The summed E-state index contributed by atoms with van der Waals surface area (Å²) >= 11 is 0. The van der Waals surface area contributed by atoms with Crippen LogP contribution in [-0.4, -0.2) is 23.3 Å². The second-order valence-electron chi connectivity index (χ2n) is 6.87. The van der Waals surface area contributed by atoms with Crippen LogP contribution in [0.4, 0.5) is 0 Å². The number of esters is 1. The van der Waals surface area contributed by atoms with Crippen molar-refractivity contribution in [3.8, 4) is 0 Å². The first kappa shape index (κ1) is 15.8. The van der Waals surface area contributed by atoms with Crippen LogP contribution in [0.25, 0.3) is 0 Å². The van der Waals surface area contributed by atoms with Crippen LogP contribution in [0.5, 0.6) is 0 Å². The van der Waals surface area contributed by atoms with E-state index in [2.05, 4.69) is 27.7 Å². The van der Waals surface area contributed by atoms with Crippen LogP contribution in [0.2, 0.25) is 0 Å². The molecule has 0 aromatic carbocycles. The molecule has 0 amide bonds. The molecule has 0 saturated carbocycles. The van der Waals surface area contributed by atoms with Gasteiger partial charge in [-0.25, -0.2) is 0 Å². The molecular weight excluding hydrogens is 252 g/mol. The first-order valence-electron chi connectivity index (χ1n) is 8.39. The second kappa shape index (κ2) is 6.05. The summed E-state index contributed by atoms with van der Waals surface area (Å²) in [5.74, 6) is 0.596. The number of ether oxygens (including phenoxy) is 2. The van der Waals surface area contributed by atoms with Crippen molar-refractivity contribution >= 4 is 5.97 Å². The number of carbonyl (C=O) groups is 1. The molecule has 3 heteroatoms. The van der Waals surface area contributed by atoms with Gasteiger partial charge in [-0.2, -0.15) is 0 Å². The molecule has 116 valence electrons. The minimum atomic E-state index is -0.336. The smallest absolute Gasteiger partial charge is 0.309 e. The SMILES string of the molecule is CCCC[C@H](C)C[C@@]1(CC)C[C@]2(CC)OC(=O)C[C@@H]2O1. The number of unbranched alkanes of at least 4 members (excludes halogenated alkanes) is 1. The highest BCUT2D eigenvalue weighted by Gasteiger charge is 2.60. The molecule has 2 saturated heterocycles. The van der Waals surface area contributed by atoms with Crippen molar-refractivity contribution in [3.05, 3.63) is 0 Å². The lowest BCUT2D eigenvalue weighted by molar-refractivity contribution is -0.149. The minimum absolute atomic E-state index is 0.0154. The standard InChI is InChI=1S/C17H30O3/c1-5-8-9-13(4)11-16(6-2)12-17(7-3)14(19-16)10-15(18)20-17/h13-14H,5-12H2,1-4H3/t13-,14-,16-,17-/m0/s1. The van der Waals surface area contributed by atoms with E-state index in [4.69, 9.17) is 9.47 Å².